The van der Waals surface area contributed by atoms with Gasteiger partial charge in [-0.3, -0.25) is 4.98 Å². The molecule has 1 aromatic heterocycles. The van der Waals surface area contributed by atoms with Crippen LogP contribution in [0.3, 0.4) is 0 Å². The topological polar surface area (TPSA) is 71.9 Å². The van der Waals surface area contributed by atoms with Gasteiger partial charge in [0, 0.05) is 6.04 Å². The summed E-state index contributed by atoms with van der Waals surface area (Å²) >= 11 is 0. The van der Waals surface area contributed by atoms with Crippen molar-refractivity contribution in [3.8, 4) is 17.6 Å². The molecule has 0 fully saturated rings. The molecule has 18 heavy (non-hydrogen) atoms. The van der Waals surface area contributed by atoms with Gasteiger partial charge in [-0.1, -0.05) is 0 Å². The molecule has 4 heteroatoms. The third-order valence-electron chi connectivity index (χ3n) is 2.44. The number of nitriles is 1. The minimum atomic E-state index is -0.0889. The Morgan fingerprint density at radius 1 is 1.17 bits per heavy atom. The van der Waals surface area contributed by atoms with Gasteiger partial charge in [-0.15, -0.1) is 0 Å². The van der Waals surface area contributed by atoms with E-state index in [9.17, 15) is 0 Å². The van der Waals surface area contributed by atoms with Gasteiger partial charge in [0.15, 0.2) is 0 Å². The van der Waals surface area contributed by atoms with Gasteiger partial charge in [-0.25, -0.2) is 0 Å². The van der Waals surface area contributed by atoms with Crippen molar-refractivity contribution >= 4 is 0 Å². The van der Waals surface area contributed by atoms with Gasteiger partial charge in [0.25, 0.3) is 0 Å². The molecule has 0 bridgehead atoms. The van der Waals surface area contributed by atoms with Crippen LogP contribution in [0.2, 0.25) is 0 Å². The highest BCUT2D eigenvalue weighted by Gasteiger charge is 2.02. The Morgan fingerprint density at radius 3 is 2.33 bits per heavy atom. The fraction of sp³-hybridized carbons (Fsp3) is 0.143. The third-order valence-corrected chi connectivity index (χ3v) is 2.44. The summed E-state index contributed by atoms with van der Waals surface area (Å²) in [6.07, 6.45) is 1.64. The molecule has 1 heterocycles. The molecule has 0 saturated carbocycles. The standard InChI is InChI=1S/C14H13N3O/c1-10(16)14-7-6-13(9-17-14)18-12-4-2-11(8-15)3-5-12/h2-7,9-10H,16H2,1H3/t10-/m1/s1. The van der Waals surface area contributed by atoms with Crippen molar-refractivity contribution < 1.29 is 4.74 Å². The Morgan fingerprint density at radius 2 is 1.83 bits per heavy atom. The summed E-state index contributed by atoms with van der Waals surface area (Å²) in [5.41, 5.74) is 7.14. The lowest BCUT2D eigenvalue weighted by Crippen LogP contribution is -2.06. The number of nitrogens with two attached hydrogens (primary N) is 1. The van der Waals surface area contributed by atoms with E-state index in [1.54, 1.807) is 30.5 Å². The first-order chi connectivity index (χ1) is 8.69. The molecular weight excluding hydrogens is 226 g/mol. The Hall–Kier alpha value is -2.38. The maximum Gasteiger partial charge on any atom is 0.145 e. The normalized spacial score (nSPS) is 11.6. The Kier molecular flexibility index (Phi) is 3.56. The van der Waals surface area contributed by atoms with Crippen LogP contribution in [-0.4, -0.2) is 4.98 Å². The fourth-order valence-electron chi connectivity index (χ4n) is 1.46. The number of hydrogen-bond acceptors (Lipinski definition) is 4. The Balaban J connectivity index is 2.11. The van der Waals surface area contributed by atoms with Crippen LogP contribution in [0.25, 0.3) is 0 Å². The van der Waals surface area contributed by atoms with Crippen LogP contribution in [0.1, 0.15) is 24.2 Å². The Bertz CT molecular complexity index is 553. The van der Waals surface area contributed by atoms with E-state index in [1.807, 2.05) is 19.1 Å². The van der Waals surface area contributed by atoms with Crippen LogP contribution >= 0.6 is 0 Å². The number of rotatable bonds is 3. The monoisotopic (exact) mass is 239 g/mol. The highest BCUT2D eigenvalue weighted by atomic mass is 16.5. The fourth-order valence-corrected chi connectivity index (χ4v) is 1.46. The average Bonchev–Trinajstić information content (AvgIpc) is 2.40. The number of pyridine rings is 1. The van der Waals surface area contributed by atoms with Crippen molar-refractivity contribution in [2.24, 2.45) is 5.73 Å². The summed E-state index contributed by atoms with van der Waals surface area (Å²) in [6.45, 7) is 1.88. The molecule has 0 radical (unpaired) electrons. The first-order valence-corrected chi connectivity index (χ1v) is 5.58. The smallest absolute Gasteiger partial charge is 0.145 e. The molecule has 2 rings (SSSR count). The van der Waals surface area contributed by atoms with Gasteiger partial charge in [0.05, 0.1) is 23.5 Å². The maximum atomic E-state index is 8.69. The SMILES string of the molecule is C[C@@H](N)c1ccc(Oc2ccc(C#N)cc2)cn1. The summed E-state index contributed by atoms with van der Waals surface area (Å²) in [5, 5.41) is 8.69. The van der Waals surface area contributed by atoms with Crippen molar-refractivity contribution in [2.75, 3.05) is 0 Å². The van der Waals surface area contributed by atoms with Crippen LogP contribution < -0.4 is 10.5 Å². The minimum absolute atomic E-state index is 0.0889. The quantitative estimate of drug-likeness (QED) is 0.893. The number of aromatic nitrogens is 1. The molecule has 4 nitrogen and oxygen atoms in total. The van der Waals surface area contributed by atoms with Crippen molar-refractivity contribution in [1.29, 1.82) is 5.26 Å². The molecule has 2 aromatic rings. The van der Waals surface area contributed by atoms with E-state index in [1.165, 1.54) is 0 Å². The average molecular weight is 239 g/mol. The lowest BCUT2D eigenvalue weighted by atomic mass is 10.2. The molecule has 0 aliphatic heterocycles. The molecule has 90 valence electrons. The molecule has 0 unspecified atom stereocenters. The molecule has 0 aliphatic rings. The summed E-state index contributed by atoms with van der Waals surface area (Å²) < 4.78 is 5.60. The summed E-state index contributed by atoms with van der Waals surface area (Å²) in [6, 6.07) is 12.5. The largest absolute Gasteiger partial charge is 0.456 e. The van der Waals surface area contributed by atoms with Crippen molar-refractivity contribution in [1.82, 2.24) is 4.98 Å². The zero-order chi connectivity index (χ0) is 13.0. The van der Waals surface area contributed by atoms with Gasteiger partial charge in [-0.05, 0) is 43.3 Å². The molecule has 1 atom stereocenters. The van der Waals surface area contributed by atoms with E-state index < -0.39 is 0 Å². The van der Waals surface area contributed by atoms with Gasteiger partial charge < -0.3 is 10.5 Å². The second kappa shape index (κ2) is 5.30. The van der Waals surface area contributed by atoms with Gasteiger partial charge in [0.1, 0.15) is 11.5 Å². The molecule has 2 N–H and O–H groups in total. The van der Waals surface area contributed by atoms with Gasteiger partial charge in [0.2, 0.25) is 0 Å². The van der Waals surface area contributed by atoms with Crippen molar-refractivity contribution in [3.05, 3.63) is 53.9 Å². The molecular formula is C14H13N3O. The molecule has 0 saturated heterocycles. The first-order valence-electron chi connectivity index (χ1n) is 5.58. The molecule has 0 spiro atoms. The van der Waals surface area contributed by atoms with Crippen LogP contribution in [-0.2, 0) is 0 Å². The minimum Gasteiger partial charge on any atom is -0.456 e. The van der Waals surface area contributed by atoms with E-state index in [0.717, 1.165) is 5.69 Å². The zero-order valence-corrected chi connectivity index (χ0v) is 10.00. The molecule has 0 amide bonds. The Labute approximate surface area is 106 Å². The van der Waals surface area contributed by atoms with E-state index in [-0.39, 0.29) is 6.04 Å². The van der Waals surface area contributed by atoms with Crippen LogP contribution in [0.15, 0.2) is 42.6 Å². The van der Waals surface area contributed by atoms with Gasteiger partial charge in [-0.2, -0.15) is 5.26 Å². The maximum absolute atomic E-state index is 8.69. The highest BCUT2D eigenvalue weighted by Crippen LogP contribution is 2.21. The number of ether oxygens (including phenoxy) is 1. The highest BCUT2D eigenvalue weighted by molar-refractivity contribution is 5.37. The lowest BCUT2D eigenvalue weighted by molar-refractivity contribution is 0.479. The predicted octanol–water partition coefficient (Wildman–Crippen LogP) is 2.77. The van der Waals surface area contributed by atoms with Gasteiger partial charge >= 0.3 is 0 Å². The second-order valence-electron chi connectivity index (χ2n) is 3.95. The first kappa shape index (κ1) is 12.1. The van der Waals surface area contributed by atoms with Crippen LogP contribution in [0, 0.1) is 11.3 Å². The predicted molar refractivity (Wildman–Crippen MR) is 68.1 cm³/mol. The third kappa shape index (κ3) is 2.84. The summed E-state index contributed by atoms with van der Waals surface area (Å²) in [4.78, 5) is 4.21. The lowest BCUT2D eigenvalue weighted by Gasteiger charge is -2.07. The summed E-state index contributed by atoms with van der Waals surface area (Å²) in [7, 11) is 0. The number of benzene rings is 1. The van der Waals surface area contributed by atoms with E-state index in [0.29, 0.717) is 17.1 Å². The van der Waals surface area contributed by atoms with E-state index in [4.69, 9.17) is 15.7 Å². The van der Waals surface area contributed by atoms with E-state index >= 15 is 0 Å². The van der Waals surface area contributed by atoms with Crippen molar-refractivity contribution in [3.63, 3.8) is 0 Å². The zero-order valence-electron chi connectivity index (χ0n) is 10.00. The van der Waals surface area contributed by atoms with Crippen LogP contribution in [0.4, 0.5) is 0 Å². The van der Waals surface area contributed by atoms with Crippen molar-refractivity contribution in [2.45, 2.75) is 13.0 Å². The number of hydrogen-bond donors (Lipinski definition) is 1. The van der Waals surface area contributed by atoms with E-state index in [2.05, 4.69) is 11.1 Å². The second-order valence-corrected chi connectivity index (χ2v) is 3.95. The molecule has 1 aromatic carbocycles. The summed E-state index contributed by atoms with van der Waals surface area (Å²) in [5.74, 6) is 1.31. The van der Waals surface area contributed by atoms with Crippen LogP contribution in [0.5, 0.6) is 11.5 Å². The number of nitrogens with zero attached hydrogens (tertiary/aromatic N) is 2. The molecule has 0 aliphatic carbocycles.